The minimum absolute atomic E-state index is 0. The molecule has 1 aliphatic rings. The zero-order valence-corrected chi connectivity index (χ0v) is 24.0. The van der Waals surface area contributed by atoms with Gasteiger partial charge in [0, 0.05) is 0 Å². The van der Waals surface area contributed by atoms with Gasteiger partial charge in [0.2, 0.25) is 0 Å². The third kappa shape index (κ3) is 17.6. The summed E-state index contributed by atoms with van der Waals surface area (Å²) in [6.45, 7) is 0. The highest BCUT2D eigenvalue weighted by Gasteiger charge is 2.57. The fraction of sp³-hybridized carbons (Fsp3) is 1.00. The van der Waals surface area contributed by atoms with Crippen molar-refractivity contribution in [1.82, 2.24) is 30.8 Å². The number of phosphoric acid groups is 5. The molecule has 26 nitrogen and oxygen atoms in total. The molecule has 0 saturated heterocycles. The largest absolute Gasteiger partial charge is 0.756 e. The molecule has 31 heteroatoms. The Hall–Kier alpha value is 0.310. The lowest BCUT2D eigenvalue weighted by Gasteiger charge is -2.50. The number of rotatable bonds is 10. The van der Waals surface area contributed by atoms with E-state index in [-0.39, 0.29) is 30.8 Å². The lowest BCUT2D eigenvalue weighted by Crippen LogP contribution is -2.66. The van der Waals surface area contributed by atoms with Crippen LogP contribution in [0.5, 0.6) is 0 Å². The Kier molecular flexibility index (Phi) is 20.3. The van der Waals surface area contributed by atoms with E-state index in [9.17, 15) is 52.4 Å². The lowest BCUT2D eigenvalue weighted by atomic mass is 9.85. The van der Waals surface area contributed by atoms with Gasteiger partial charge >= 0.3 is 0 Å². The normalized spacial score (nSPS) is 33.3. The minimum Gasteiger partial charge on any atom is -0.756 e. The van der Waals surface area contributed by atoms with E-state index in [1.165, 1.54) is 0 Å². The van der Waals surface area contributed by atoms with E-state index in [1.807, 2.05) is 0 Å². The molecule has 37 heavy (non-hydrogen) atoms. The van der Waals surface area contributed by atoms with Gasteiger partial charge in [0.1, 0.15) is 36.6 Å². The first-order valence-electron chi connectivity index (χ1n) is 7.18. The van der Waals surface area contributed by atoms with Gasteiger partial charge in [0.25, 0.3) is 39.1 Å². The van der Waals surface area contributed by atoms with Crippen LogP contribution in [0.4, 0.5) is 0 Å². The van der Waals surface area contributed by atoms with Crippen molar-refractivity contribution in [2.45, 2.75) is 36.6 Å². The van der Waals surface area contributed by atoms with Crippen LogP contribution >= 0.6 is 39.1 Å². The molecule has 0 aromatic carbocycles. The van der Waals surface area contributed by atoms with Crippen molar-refractivity contribution < 1.29 is 99.5 Å². The van der Waals surface area contributed by atoms with Crippen LogP contribution in [0.15, 0.2) is 0 Å². The van der Waals surface area contributed by atoms with Gasteiger partial charge in [-0.3, -0.25) is 22.8 Å². The number of hydrogen-bond acceptors (Lipinski definition) is 16. The molecule has 0 heterocycles. The van der Waals surface area contributed by atoms with Crippen LogP contribution in [0.2, 0.25) is 0 Å². The standard InChI is InChI=1S/C6H17O21P5.5H3N/c7-1-2(23-28(8,9)10)4(25-30(14,15)16)6(27-32(20,21)22)5(26-31(17,18)19)3(1)24-29(11,12)13;;;;;/h1-7H,(H2,8,9,10)(H2,11,12,13)(H2,14,15,16)(H2,17,18,19)(H2,20,21,22);5*1H3/t1?,2-,3+,4+,5-,6?;;;;;. The molecule has 232 valence electrons. The molecule has 0 amide bonds. The zero-order valence-electron chi connectivity index (χ0n) is 19.5. The van der Waals surface area contributed by atoms with Crippen molar-refractivity contribution in [3.05, 3.63) is 0 Å². The maximum absolute atomic E-state index is 11.1. The molecule has 26 N–H and O–H groups in total. The second-order valence-electron chi connectivity index (χ2n) is 5.68. The summed E-state index contributed by atoms with van der Waals surface area (Å²) < 4.78 is 74.8. The van der Waals surface area contributed by atoms with Gasteiger partial charge in [0.05, 0.1) is 0 Å². The molecule has 1 aliphatic carbocycles. The Balaban J connectivity index is -0.000000683. The van der Waals surface area contributed by atoms with Crippen molar-refractivity contribution in [2.24, 2.45) is 0 Å². The molecule has 1 fully saturated rings. The maximum atomic E-state index is 11.1. The first-order chi connectivity index (χ1) is 13.9. The number of hydrogen-bond donors (Lipinski definition) is 11. The van der Waals surface area contributed by atoms with E-state index in [1.54, 1.807) is 0 Å². The highest BCUT2D eigenvalue weighted by Crippen LogP contribution is 2.52. The third-order valence-electron chi connectivity index (χ3n) is 3.24. The van der Waals surface area contributed by atoms with Crippen molar-refractivity contribution in [3.63, 3.8) is 0 Å². The maximum Gasteiger partial charge on any atom is 0.265 e. The van der Waals surface area contributed by atoms with Crippen molar-refractivity contribution in [1.29, 1.82) is 0 Å². The summed E-state index contributed by atoms with van der Waals surface area (Å²) in [5, 5.41) is 10.1. The average Bonchev–Trinajstić information content (AvgIpc) is 2.45. The van der Waals surface area contributed by atoms with Crippen molar-refractivity contribution >= 4 is 39.1 Å². The number of aliphatic hydroxyl groups excluding tert-OH is 1. The molecule has 7 unspecified atom stereocenters. The second kappa shape index (κ2) is 15.9. The molecule has 1 rings (SSSR count). The summed E-state index contributed by atoms with van der Waals surface area (Å²) in [5.41, 5.74) is 0. The van der Waals surface area contributed by atoms with Crippen molar-refractivity contribution in [2.75, 3.05) is 0 Å². The van der Waals surface area contributed by atoms with E-state index in [0.29, 0.717) is 0 Å². The van der Waals surface area contributed by atoms with Crippen LogP contribution in [0, 0.1) is 0 Å². The number of phosphoric ester groups is 5. The van der Waals surface area contributed by atoms with Crippen molar-refractivity contribution in [3.8, 4) is 0 Å². The van der Waals surface area contributed by atoms with Gasteiger partial charge in [-0.1, -0.05) is 0 Å². The molecular weight excluding hydrogens is 633 g/mol. The van der Waals surface area contributed by atoms with Crippen LogP contribution in [0.1, 0.15) is 0 Å². The summed E-state index contributed by atoms with van der Waals surface area (Å²) >= 11 is 0. The Morgan fingerprint density at radius 3 is 0.703 bits per heavy atom. The van der Waals surface area contributed by atoms with Gasteiger partial charge in [-0.15, -0.1) is 0 Å². The van der Waals surface area contributed by atoms with Crippen LogP contribution in [-0.2, 0) is 45.4 Å². The molecule has 11 atom stereocenters. The fourth-order valence-electron chi connectivity index (χ4n) is 2.51. The first-order valence-corrected chi connectivity index (χ1v) is 14.7. The Morgan fingerprint density at radius 2 is 0.541 bits per heavy atom. The van der Waals surface area contributed by atoms with Gasteiger partial charge < -0.3 is 107 Å². The molecule has 0 spiro atoms. The Morgan fingerprint density at radius 1 is 0.405 bits per heavy atom. The van der Waals surface area contributed by atoms with Crippen LogP contribution < -0.4 is 55.2 Å². The molecule has 0 aromatic heterocycles. The highest BCUT2D eigenvalue weighted by molar-refractivity contribution is 7.46. The van der Waals surface area contributed by atoms with Gasteiger partial charge in [-0.2, -0.15) is 0 Å². The minimum atomic E-state index is -6.18. The van der Waals surface area contributed by atoms with Crippen LogP contribution in [0.3, 0.4) is 0 Å². The molecular formula is C6H32N5O21P5. The summed E-state index contributed by atoms with van der Waals surface area (Å²) in [6.07, 6.45) is -18.4. The summed E-state index contributed by atoms with van der Waals surface area (Å²) in [5.74, 6) is 0. The van der Waals surface area contributed by atoms with E-state index in [2.05, 4.69) is 22.6 Å². The predicted molar refractivity (Wildman–Crippen MR) is 109 cm³/mol. The predicted octanol–water partition coefficient (Wildman–Crippen LogP) is -4.53. The van der Waals surface area contributed by atoms with E-state index in [4.69, 9.17) is 24.5 Å². The van der Waals surface area contributed by atoms with Crippen LogP contribution in [-0.4, -0.2) is 66.2 Å². The smallest absolute Gasteiger partial charge is 0.265 e. The quantitative estimate of drug-likeness (QED) is 0.0979. The monoisotopic (exact) mass is 665 g/mol. The Labute approximate surface area is 206 Å². The lowest BCUT2D eigenvalue weighted by molar-refractivity contribution is -0.291. The first kappa shape index (κ1) is 47.1. The summed E-state index contributed by atoms with van der Waals surface area (Å²) in [7, 11) is -30.7. The van der Waals surface area contributed by atoms with Crippen LogP contribution in [0.25, 0.3) is 0 Å². The summed E-state index contributed by atoms with van der Waals surface area (Å²) in [4.78, 5) is 99.7. The molecule has 0 bridgehead atoms. The average molecular weight is 665 g/mol. The van der Waals surface area contributed by atoms with E-state index < -0.39 is 75.7 Å². The second-order valence-corrected chi connectivity index (χ2v) is 11.4. The molecule has 0 radical (unpaired) electrons. The van der Waals surface area contributed by atoms with Gasteiger partial charge in [0.15, 0.2) is 0 Å². The number of aliphatic hydroxyl groups is 1. The highest BCUT2D eigenvalue weighted by atomic mass is 31.2. The number of quaternary nitrogens is 5. The molecule has 0 aromatic rings. The SMILES string of the molecule is O=P([O-])(O)OC1[C@@H](OP(=O)([O-])O)[C@H](OP(=O)([O-])O)C(O)[C@H](OP(=O)([O-])O)[C@H]1OP(=O)([O-])O.[NH4+].[NH4+].[NH4+].[NH4+].[NH4+]. The third-order valence-corrected chi connectivity index (χ3v) is 5.79. The Bertz CT molecular complexity index is 845. The molecule has 1 saturated carbocycles. The summed E-state index contributed by atoms with van der Waals surface area (Å²) in [6, 6.07) is 0. The van der Waals surface area contributed by atoms with E-state index in [0.717, 1.165) is 0 Å². The zero-order chi connectivity index (χ0) is 25.5. The molecule has 0 aliphatic heterocycles. The fourth-order valence-corrected chi connectivity index (χ4v) is 5.26. The van der Waals surface area contributed by atoms with Gasteiger partial charge in [-0.05, 0) is 0 Å². The van der Waals surface area contributed by atoms with Gasteiger partial charge in [-0.25, -0.2) is 0 Å². The topological polar surface area (TPSA) is 551 Å². The van der Waals surface area contributed by atoms with E-state index >= 15 is 0 Å².